The fourth-order valence-electron chi connectivity index (χ4n) is 3.66. The van der Waals surface area contributed by atoms with Crippen molar-refractivity contribution in [2.45, 2.75) is 46.5 Å². The number of hydrogen-bond donors (Lipinski definition) is 1. The minimum absolute atomic E-state index is 0.166. The molecule has 1 aromatic carbocycles. The van der Waals surface area contributed by atoms with Crippen LogP contribution in [0.25, 0.3) is 0 Å². The smallest absolute Gasteiger partial charge is 0.355 e. The lowest BCUT2D eigenvalue weighted by molar-refractivity contribution is 0.0468. The first-order valence-electron chi connectivity index (χ1n) is 9.60. The van der Waals surface area contributed by atoms with Crippen molar-refractivity contribution in [1.82, 2.24) is 4.98 Å². The molecule has 148 valence electrons. The van der Waals surface area contributed by atoms with Crippen LogP contribution >= 0.6 is 0 Å². The summed E-state index contributed by atoms with van der Waals surface area (Å²) in [6, 6.07) is 5.70. The molecule has 1 heterocycles. The molecule has 2 aromatic rings. The summed E-state index contributed by atoms with van der Waals surface area (Å²) in [5, 5.41) is 0. The van der Waals surface area contributed by atoms with Gasteiger partial charge in [-0.05, 0) is 69.2 Å². The number of fused-ring (bicyclic) bond motifs is 1. The van der Waals surface area contributed by atoms with E-state index in [1.165, 1.54) is 17.5 Å². The van der Waals surface area contributed by atoms with E-state index in [-0.39, 0.29) is 24.7 Å². The van der Waals surface area contributed by atoms with E-state index in [9.17, 15) is 14.4 Å². The van der Waals surface area contributed by atoms with Gasteiger partial charge in [-0.2, -0.15) is 0 Å². The first-order chi connectivity index (χ1) is 13.4. The summed E-state index contributed by atoms with van der Waals surface area (Å²) in [5.41, 5.74) is 4.54. The molecule has 0 amide bonds. The molecule has 0 aliphatic heterocycles. The highest BCUT2D eigenvalue weighted by atomic mass is 16.5. The molecule has 1 aliphatic rings. The first-order valence-corrected chi connectivity index (χ1v) is 9.60. The molecular weight excluding hydrogens is 358 g/mol. The summed E-state index contributed by atoms with van der Waals surface area (Å²) in [6.07, 6.45) is 4.34. The lowest BCUT2D eigenvalue weighted by Crippen LogP contribution is -2.16. The Morgan fingerprint density at radius 2 is 1.71 bits per heavy atom. The zero-order valence-electron chi connectivity index (χ0n) is 16.5. The van der Waals surface area contributed by atoms with Gasteiger partial charge in [0, 0.05) is 11.3 Å². The van der Waals surface area contributed by atoms with Crippen molar-refractivity contribution < 1.29 is 23.9 Å². The Morgan fingerprint density at radius 3 is 2.43 bits per heavy atom. The maximum Gasteiger partial charge on any atom is 0.355 e. The second-order valence-electron chi connectivity index (χ2n) is 7.04. The van der Waals surface area contributed by atoms with E-state index in [4.69, 9.17) is 9.47 Å². The molecule has 1 N–H and O–H groups in total. The summed E-state index contributed by atoms with van der Waals surface area (Å²) in [7, 11) is 0. The number of ketones is 1. The zero-order valence-corrected chi connectivity index (χ0v) is 16.5. The third-order valence-electron chi connectivity index (χ3n) is 5.13. The van der Waals surface area contributed by atoms with Gasteiger partial charge in [0.2, 0.25) is 0 Å². The monoisotopic (exact) mass is 383 g/mol. The number of Topliss-reactive ketones (excluding diaryl/α,β-unsaturated/α-hetero) is 1. The van der Waals surface area contributed by atoms with Crippen LogP contribution in [-0.4, -0.2) is 35.9 Å². The fourth-order valence-corrected chi connectivity index (χ4v) is 3.66. The number of aryl methyl sites for hydroxylation is 3. The van der Waals surface area contributed by atoms with Crippen molar-refractivity contribution in [2.75, 3.05) is 13.2 Å². The van der Waals surface area contributed by atoms with Gasteiger partial charge in [0.15, 0.2) is 12.4 Å². The summed E-state index contributed by atoms with van der Waals surface area (Å²) in [4.78, 5) is 39.8. The van der Waals surface area contributed by atoms with Gasteiger partial charge in [0.05, 0.1) is 12.2 Å². The molecule has 0 atom stereocenters. The predicted molar refractivity (Wildman–Crippen MR) is 104 cm³/mol. The van der Waals surface area contributed by atoms with Gasteiger partial charge >= 0.3 is 11.9 Å². The lowest BCUT2D eigenvalue weighted by atomic mass is 9.90. The van der Waals surface area contributed by atoms with Crippen LogP contribution in [0, 0.1) is 13.8 Å². The highest BCUT2D eigenvalue weighted by Crippen LogP contribution is 2.23. The Morgan fingerprint density at radius 1 is 1.00 bits per heavy atom. The number of aromatic amines is 1. The van der Waals surface area contributed by atoms with E-state index < -0.39 is 11.9 Å². The molecule has 0 spiro atoms. The third-order valence-corrected chi connectivity index (χ3v) is 5.13. The van der Waals surface area contributed by atoms with E-state index in [1.54, 1.807) is 26.8 Å². The van der Waals surface area contributed by atoms with Gasteiger partial charge in [-0.15, -0.1) is 0 Å². The number of hydrogen-bond acceptors (Lipinski definition) is 5. The van der Waals surface area contributed by atoms with E-state index in [2.05, 4.69) is 4.98 Å². The second-order valence-corrected chi connectivity index (χ2v) is 7.04. The molecule has 0 saturated heterocycles. The highest BCUT2D eigenvalue weighted by molar-refractivity contribution is 6.01. The fraction of sp³-hybridized carbons (Fsp3) is 0.409. The minimum Gasteiger partial charge on any atom is -0.462 e. The van der Waals surface area contributed by atoms with E-state index >= 15 is 0 Å². The number of esters is 2. The topological polar surface area (TPSA) is 85.5 Å². The molecule has 0 radical (unpaired) electrons. The Kier molecular flexibility index (Phi) is 5.97. The van der Waals surface area contributed by atoms with Crippen molar-refractivity contribution in [3.8, 4) is 0 Å². The van der Waals surface area contributed by atoms with Crippen LogP contribution in [0.2, 0.25) is 0 Å². The molecule has 0 bridgehead atoms. The summed E-state index contributed by atoms with van der Waals surface area (Å²) < 4.78 is 10.2. The Hall–Kier alpha value is -2.89. The highest BCUT2D eigenvalue weighted by Gasteiger charge is 2.24. The van der Waals surface area contributed by atoms with Crippen LogP contribution in [0.5, 0.6) is 0 Å². The number of carbonyl (C=O) groups excluding carboxylic acids is 3. The van der Waals surface area contributed by atoms with Crippen molar-refractivity contribution in [3.63, 3.8) is 0 Å². The zero-order chi connectivity index (χ0) is 20.3. The molecule has 0 unspecified atom stereocenters. The van der Waals surface area contributed by atoms with Crippen molar-refractivity contribution in [2.24, 2.45) is 0 Å². The Balaban J connectivity index is 1.68. The molecule has 1 aliphatic carbocycles. The van der Waals surface area contributed by atoms with Gasteiger partial charge in [-0.1, -0.05) is 12.1 Å². The van der Waals surface area contributed by atoms with E-state index in [0.717, 1.165) is 19.3 Å². The van der Waals surface area contributed by atoms with Crippen LogP contribution in [-0.2, 0) is 22.3 Å². The summed E-state index contributed by atoms with van der Waals surface area (Å²) in [6.45, 7) is 4.96. The molecule has 3 rings (SSSR count). The maximum atomic E-state index is 12.5. The number of ether oxygens (including phenoxy) is 2. The predicted octanol–water partition coefficient (Wildman–Crippen LogP) is 3.73. The van der Waals surface area contributed by atoms with Crippen molar-refractivity contribution in [1.29, 1.82) is 0 Å². The molecular formula is C22H25NO5. The van der Waals surface area contributed by atoms with Crippen molar-refractivity contribution >= 4 is 17.7 Å². The number of aromatic nitrogens is 1. The number of H-pyrrole nitrogens is 1. The molecule has 0 saturated carbocycles. The molecule has 6 heteroatoms. The van der Waals surface area contributed by atoms with Gasteiger partial charge in [0.1, 0.15) is 5.69 Å². The Labute approximate surface area is 164 Å². The first kappa shape index (κ1) is 19.9. The van der Waals surface area contributed by atoms with Gasteiger partial charge in [-0.25, -0.2) is 9.59 Å². The van der Waals surface area contributed by atoms with Gasteiger partial charge < -0.3 is 14.5 Å². The average molecular weight is 383 g/mol. The molecule has 0 fully saturated rings. The SMILES string of the molecule is CCOC(=O)c1c(C)[nH]c(C(=O)OCC(=O)c2ccc3c(c2)CCCC3)c1C. The molecule has 28 heavy (non-hydrogen) atoms. The lowest BCUT2D eigenvalue weighted by Gasteiger charge is -2.16. The maximum absolute atomic E-state index is 12.5. The minimum atomic E-state index is -0.664. The molecule has 1 aromatic heterocycles. The standard InChI is InChI=1S/C22H25NO5/c1-4-27-21(25)19-13(2)20(23-14(19)3)22(26)28-12-18(24)17-10-9-15-7-5-6-8-16(15)11-17/h9-11,23H,4-8,12H2,1-3H3. The largest absolute Gasteiger partial charge is 0.462 e. The number of nitrogens with one attached hydrogen (secondary N) is 1. The van der Waals surface area contributed by atoms with Crippen LogP contribution in [0.1, 0.15) is 73.4 Å². The number of rotatable bonds is 6. The Bertz CT molecular complexity index is 925. The van der Waals surface area contributed by atoms with Crippen LogP contribution in [0.4, 0.5) is 0 Å². The normalized spacial score (nSPS) is 13.0. The summed E-state index contributed by atoms with van der Waals surface area (Å²) >= 11 is 0. The van der Waals surface area contributed by atoms with Gasteiger partial charge in [0.25, 0.3) is 0 Å². The van der Waals surface area contributed by atoms with Crippen LogP contribution < -0.4 is 0 Å². The number of carbonyl (C=O) groups is 3. The van der Waals surface area contributed by atoms with E-state index in [0.29, 0.717) is 22.4 Å². The second kappa shape index (κ2) is 8.42. The average Bonchev–Trinajstić information content (AvgIpc) is 2.99. The number of benzene rings is 1. The quantitative estimate of drug-likeness (QED) is 0.607. The van der Waals surface area contributed by atoms with Crippen molar-refractivity contribution in [3.05, 3.63) is 57.4 Å². The van der Waals surface area contributed by atoms with Crippen LogP contribution in [0.3, 0.4) is 0 Å². The molecule has 6 nitrogen and oxygen atoms in total. The van der Waals surface area contributed by atoms with Crippen LogP contribution in [0.15, 0.2) is 18.2 Å². The summed E-state index contributed by atoms with van der Waals surface area (Å²) in [5.74, 6) is -1.39. The van der Waals surface area contributed by atoms with E-state index in [1.807, 2.05) is 12.1 Å². The third kappa shape index (κ3) is 4.01. The van der Waals surface area contributed by atoms with Gasteiger partial charge in [-0.3, -0.25) is 4.79 Å².